The largest absolute Gasteiger partial charge is 0.363 e. The molecule has 0 aliphatic carbocycles. The van der Waals surface area contributed by atoms with Crippen LogP contribution >= 0.6 is 0 Å². The number of likely N-dealkylation sites (tertiary alicyclic amines) is 1. The van der Waals surface area contributed by atoms with Crippen molar-refractivity contribution >= 4 is 0 Å². The SMILES string of the molecule is CC(N)(O)N1CCCCC1. The minimum Gasteiger partial charge on any atom is -0.363 e. The van der Waals surface area contributed by atoms with Crippen LogP contribution in [0.25, 0.3) is 0 Å². The lowest BCUT2D eigenvalue weighted by Crippen LogP contribution is -2.55. The topological polar surface area (TPSA) is 49.5 Å². The van der Waals surface area contributed by atoms with Crippen LogP contribution in [-0.4, -0.2) is 28.9 Å². The maximum absolute atomic E-state index is 9.35. The van der Waals surface area contributed by atoms with Gasteiger partial charge in [0.2, 0.25) is 0 Å². The predicted octanol–water partition coefficient (Wildman–Crippen LogP) is 0.0970. The number of aliphatic hydroxyl groups is 1. The molecule has 0 aromatic rings. The van der Waals surface area contributed by atoms with Crippen LogP contribution in [0.3, 0.4) is 0 Å². The maximum Gasteiger partial charge on any atom is 0.168 e. The van der Waals surface area contributed by atoms with Crippen LogP contribution in [-0.2, 0) is 0 Å². The first-order chi connectivity index (χ1) is 4.61. The van der Waals surface area contributed by atoms with Gasteiger partial charge in [0.1, 0.15) is 0 Å². The van der Waals surface area contributed by atoms with Crippen LogP contribution in [0.5, 0.6) is 0 Å². The quantitative estimate of drug-likeness (QED) is 0.513. The zero-order valence-corrected chi connectivity index (χ0v) is 6.51. The Balaban J connectivity index is 2.39. The Morgan fingerprint density at radius 2 is 1.80 bits per heavy atom. The molecule has 0 aromatic heterocycles. The van der Waals surface area contributed by atoms with Gasteiger partial charge in [-0.15, -0.1) is 0 Å². The summed E-state index contributed by atoms with van der Waals surface area (Å²) in [5.41, 5.74) is 5.49. The summed E-state index contributed by atoms with van der Waals surface area (Å²) in [6.07, 6.45) is 3.59. The number of piperidine rings is 1. The first-order valence-electron chi connectivity index (χ1n) is 3.87. The average molecular weight is 144 g/mol. The third kappa shape index (κ3) is 1.94. The Bertz CT molecular complexity index is 103. The molecule has 0 spiro atoms. The molecule has 1 aliphatic heterocycles. The van der Waals surface area contributed by atoms with Crippen LogP contribution in [0.1, 0.15) is 26.2 Å². The van der Waals surface area contributed by atoms with Gasteiger partial charge in [0.05, 0.1) is 0 Å². The van der Waals surface area contributed by atoms with Crippen molar-refractivity contribution in [2.45, 2.75) is 32.0 Å². The summed E-state index contributed by atoms with van der Waals surface area (Å²) in [7, 11) is 0. The Hall–Kier alpha value is -0.120. The second-order valence-corrected chi connectivity index (χ2v) is 3.14. The van der Waals surface area contributed by atoms with E-state index in [1.165, 1.54) is 6.42 Å². The number of rotatable bonds is 1. The summed E-state index contributed by atoms with van der Waals surface area (Å²) in [5, 5.41) is 9.35. The van der Waals surface area contributed by atoms with Gasteiger partial charge in [0.15, 0.2) is 5.85 Å². The van der Waals surface area contributed by atoms with Crippen molar-refractivity contribution in [1.29, 1.82) is 0 Å². The maximum atomic E-state index is 9.35. The molecule has 0 aromatic carbocycles. The van der Waals surface area contributed by atoms with Gasteiger partial charge >= 0.3 is 0 Å². The van der Waals surface area contributed by atoms with E-state index in [2.05, 4.69) is 0 Å². The van der Waals surface area contributed by atoms with E-state index in [1.807, 2.05) is 4.90 Å². The predicted molar refractivity (Wildman–Crippen MR) is 40.2 cm³/mol. The van der Waals surface area contributed by atoms with E-state index >= 15 is 0 Å². The van der Waals surface area contributed by atoms with E-state index in [-0.39, 0.29) is 0 Å². The molecule has 1 aliphatic rings. The smallest absolute Gasteiger partial charge is 0.168 e. The molecule has 10 heavy (non-hydrogen) atoms. The molecule has 0 amide bonds. The lowest BCUT2D eigenvalue weighted by Gasteiger charge is -2.36. The molecule has 3 nitrogen and oxygen atoms in total. The van der Waals surface area contributed by atoms with Crippen molar-refractivity contribution < 1.29 is 5.11 Å². The van der Waals surface area contributed by atoms with Crippen molar-refractivity contribution in [2.24, 2.45) is 5.73 Å². The van der Waals surface area contributed by atoms with E-state index in [9.17, 15) is 5.11 Å². The fourth-order valence-electron chi connectivity index (χ4n) is 1.35. The highest BCUT2D eigenvalue weighted by atomic mass is 16.3. The Morgan fingerprint density at radius 3 is 2.10 bits per heavy atom. The lowest BCUT2D eigenvalue weighted by atomic mass is 10.1. The Labute approximate surface area is 61.8 Å². The van der Waals surface area contributed by atoms with Crippen molar-refractivity contribution in [3.05, 3.63) is 0 Å². The molecule has 3 N–H and O–H groups in total. The number of nitrogens with zero attached hydrogens (tertiary/aromatic N) is 1. The fraction of sp³-hybridized carbons (Fsp3) is 1.00. The van der Waals surface area contributed by atoms with Crippen molar-refractivity contribution in [3.8, 4) is 0 Å². The molecule has 0 bridgehead atoms. The second kappa shape index (κ2) is 2.86. The third-order valence-corrected chi connectivity index (χ3v) is 2.00. The van der Waals surface area contributed by atoms with Crippen LogP contribution in [0, 0.1) is 0 Å². The van der Waals surface area contributed by atoms with Crippen LogP contribution in [0.4, 0.5) is 0 Å². The van der Waals surface area contributed by atoms with Gasteiger partial charge in [0.25, 0.3) is 0 Å². The highest BCUT2D eigenvalue weighted by Crippen LogP contribution is 2.13. The van der Waals surface area contributed by atoms with Gasteiger partial charge in [0, 0.05) is 13.1 Å². The van der Waals surface area contributed by atoms with Crippen LogP contribution < -0.4 is 5.73 Å². The van der Waals surface area contributed by atoms with E-state index in [1.54, 1.807) is 6.92 Å². The monoisotopic (exact) mass is 144 g/mol. The minimum absolute atomic E-state index is 0.934. The molecular formula is C7H16N2O. The molecule has 1 atom stereocenters. The van der Waals surface area contributed by atoms with Gasteiger partial charge in [-0.05, 0) is 19.8 Å². The second-order valence-electron chi connectivity index (χ2n) is 3.14. The molecule has 1 fully saturated rings. The summed E-state index contributed by atoms with van der Waals surface area (Å²) in [5.74, 6) is -1.10. The van der Waals surface area contributed by atoms with Gasteiger partial charge in [-0.3, -0.25) is 10.6 Å². The standard InChI is InChI=1S/C7H16N2O/c1-7(8,10)9-5-3-2-4-6-9/h10H,2-6,8H2,1H3. The summed E-state index contributed by atoms with van der Waals surface area (Å²) >= 11 is 0. The molecule has 60 valence electrons. The molecule has 3 heteroatoms. The average Bonchev–Trinajstić information content (AvgIpc) is 1.88. The summed E-state index contributed by atoms with van der Waals surface area (Å²) < 4.78 is 0. The number of nitrogens with two attached hydrogens (primary N) is 1. The minimum atomic E-state index is -1.10. The third-order valence-electron chi connectivity index (χ3n) is 2.00. The molecule has 1 heterocycles. The van der Waals surface area contributed by atoms with E-state index in [0.717, 1.165) is 25.9 Å². The van der Waals surface area contributed by atoms with Crippen molar-refractivity contribution in [1.82, 2.24) is 4.90 Å². The normalized spacial score (nSPS) is 27.9. The van der Waals surface area contributed by atoms with E-state index in [0.29, 0.717) is 0 Å². The van der Waals surface area contributed by atoms with Gasteiger partial charge < -0.3 is 5.11 Å². The van der Waals surface area contributed by atoms with Crippen molar-refractivity contribution in [3.63, 3.8) is 0 Å². The summed E-state index contributed by atoms with van der Waals surface area (Å²) in [4.78, 5) is 1.91. The lowest BCUT2D eigenvalue weighted by molar-refractivity contribution is -0.0963. The number of hydrogen-bond acceptors (Lipinski definition) is 3. The first kappa shape index (κ1) is 7.98. The van der Waals surface area contributed by atoms with Gasteiger partial charge in [-0.25, -0.2) is 0 Å². The molecule has 0 radical (unpaired) electrons. The zero-order valence-electron chi connectivity index (χ0n) is 6.51. The number of hydrogen-bond donors (Lipinski definition) is 2. The first-order valence-corrected chi connectivity index (χ1v) is 3.87. The summed E-state index contributed by atoms with van der Waals surface area (Å²) in [6, 6.07) is 0. The molecular weight excluding hydrogens is 128 g/mol. The highest BCUT2D eigenvalue weighted by Gasteiger charge is 2.24. The molecule has 1 rings (SSSR count). The molecule has 1 unspecified atom stereocenters. The molecule has 1 saturated heterocycles. The van der Waals surface area contributed by atoms with Crippen LogP contribution in [0.2, 0.25) is 0 Å². The van der Waals surface area contributed by atoms with Gasteiger partial charge in [-0.1, -0.05) is 6.42 Å². The van der Waals surface area contributed by atoms with Gasteiger partial charge in [-0.2, -0.15) is 0 Å². The van der Waals surface area contributed by atoms with E-state index in [4.69, 9.17) is 5.73 Å². The fourth-order valence-corrected chi connectivity index (χ4v) is 1.35. The molecule has 0 saturated carbocycles. The zero-order chi connectivity index (χ0) is 7.61. The van der Waals surface area contributed by atoms with Crippen LogP contribution in [0.15, 0.2) is 0 Å². The Morgan fingerprint density at radius 1 is 1.30 bits per heavy atom. The Kier molecular flexibility index (Phi) is 2.28. The highest BCUT2D eigenvalue weighted by molar-refractivity contribution is 4.71. The van der Waals surface area contributed by atoms with Crippen molar-refractivity contribution in [2.75, 3.05) is 13.1 Å². The summed E-state index contributed by atoms with van der Waals surface area (Å²) in [6.45, 7) is 3.51. The van der Waals surface area contributed by atoms with E-state index < -0.39 is 5.85 Å².